The minimum atomic E-state index is -0.648. The third-order valence-corrected chi connectivity index (χ3v) is 4.83. The first-order chi connectivity index (χ1) is 14.1. The lowest BCUT2D eigenvalue weighted by Crippen LogP contribution is -2.11. The Bertz CT molecular complexity index is 552. The predicted octanol–water partition coefficient (Wildman–Crippen LogP) is 6.86. The monoisotopic (exact) mass is 408 g/mol. The molecule has 1 aromatic rings. The van der Waals surface area contributed by atoms with Crippen LogP contribution < -0.4 is 0 Å². The molecule has 0 radical (unpaired) electrons. The van der Waals surface area contributed by atoms with Crippen molar-refractivity contribution in [2.45, 2.75) is 90.9 Å². The van der Waals surface area contributed by atoms with Crippen LogP contribution >= 0.6 is 0 Å². The molecule has 0 unspecified atom stereocenters. The van der Waals surface area contributed by atoms with E-state index >= 15 is 0 Å². The SMILES string of the molecule is CCCCCCCCOC(=O)c1cc(F)cc(C(=O)OCCCCCCCC)c1. The molecule has 0 fully saturated rings. The average molecular weight is 409 g/mol. The second-order valence-electron chi connectivity index (χ2n) is 7.54. The molecular weight excluding hydrogens is 371 g/mol. The van der Waals surface area contributed by atoms with E-state index in [-0.39, 0.29) is 11.1 Å². The maximum Gasteiger partial charge on any atom is 0.338 e. The van der Waals surface area contributed by atoms with Crippen molar-refractivity contribution < 1.29 is 23.5 Å². The summed E-state index contributed by atoms with van der Waals surface area (Å²) < 4.78 is 24.3. The molecule has 0 amide bonds. The molecular formula is C24H37FO4. The highest BCUT2D eigenvalue weighted by Crippen LogP contribution is 2.13. The maximum atomic E-state index is 13.9. The van der Waals surface area contributed by atoms with E-state index in [1.54, 1.807) is 0 Å². The second-order valence-corrected chi connectivity index (χ2v) is 7.54. The zero-order valence-electron chi connectivity index (χ0n) is 18.1. The number of ether oxygens (including phenoxy) is 2. The Labute approximate surface area is 175 Å². The number of benzene rings is 1. The number of hydrogen-bond donors (Lipinski definition) is 0. The first kappa shape index (κ1) is 25.1. The minimum absolute atomic E-state index is 0.0440. The normalized spacial score (nSPS) is 10.7. The number of carbonyl (C=O) groups excluding carboxylic acids is 2. The van der Waals surface area contributed by atoms with E-state index in [2.05, 4.69) is 13.8 Å². The van der Waals surface area contributed by atoms with E-state index in [9.17, 15) is 14.0 Å². The van der Waals surface area contributed by atoms with Gasteiger partial charge in [-0.1, -0.05) is 78.1 Å². The van der Waals surface area contributed by atoms with Crippen molar-refractivity contribution >= 4 is 11.9 Å². The Hall–Kier alpha value is -1.91. The number of unbranched alkanes of at least 4 members (excludes halogenated alkanes) is 10. The van der Waals surface area contributed by atoms with Crippen molar-refractivity contribution in [1.29, 1.82) is 0 Å². The summed E-state index contributed by atoms with van der Waals surface area (Å²) in [7, 11) is 0. The molecule has 0 bridgehead atoms. The van der Waals surface area contributed by atoms with Gasteiger partial charge in [0.2, 0.25) is 0 Å². The van der Waals surface area contributed by atoms with Crippen molar-refractivity contribution in [3.63, 3.8) is 0 Å². The summed E-state index contributed by atoms with van der Waals surface area (Å²) in [5.74, 6) is -1.86. The van der Waals surface area contributed by atoms with Crippen LogP contribution in [0.3, 0.4) is 0 Å². The smallest absolute Gasteiger partial charge is 0.338 e. The molecule has 5 heteroatoms. The lowest BCUT2D eigenvalue weighted by atomic mass is 10.1. The maximum absolute atomic E-state index is 13.9. The molecule has 0 heterocycles. The van der Waals surface area contributed by atoms with Gasteiger partial charge in [0.1, 0.15) is 5.82 Å². The second kappa shape index (κ2) is 15.9. The zero-order chi connectivity index (χ0) is 21.3. The van der Waals surface area contributed by atoms with Crippen LogP contribution in [0.5, 0.6) is 0 Å². The van der Waals surface area contributed by atoms with E-state index in [4.69, 9.17) is 9.47 Å². The Morgan fingerprint density at radius 3 is 1.45 bits per heavy atom. The average Bonchev–Trinajstić information content (AvgIpc) is 2.71. The molecule has 0 spiro atoms. The highest BCUT2D eigenvalue weighted by Gasteiger charge is 2.15. The molecule has 29 heavy (non-hydrogen) atoms. The molecule has 0 saturated carbocycles. The molecule has 0 aromatic heterocycles. The fourth-order valence-corrected chi connectivity index (χ4v) is 3.09. The van der Waals surface area contributed by atoms with Crippen LogP contribution in [0, 0.1) is 5.82 Å². The molecule has 0 N–H and O–H groups in total. The number of carbonyl (C=O) groups is 2. The Morgan fingerprint density at radius 2 is 1.03 bits per heavy atom. The van der Waals surface area contributed by atoms with Crippen molar-refractivity contribution in [2.75, 3.05) is 13.2 Å². The van der Waals surface area contributed by atoms with Gasteiger partial charge in [0.25, 0.3) is 0 Å². The standard InChI is InChI=1S/C24H37FO4/c1-3-5-7-9-11-13-15-28-23(26)20-17-21(19-22(25)18-20)24(27)29-16-14-12-10-8-6-4-2/h17-19H,3-16H2,1-2H3. The van der Waals surface area contributed by atoms with E-state index < -0.39 is 17.8 Å². The summed E-state index contributed by atoms with van der Waals surface area (Å²) >= 11 is 0. The van der Waals surface area contributed by atoms with Gasteiger partial charge in [0.15, 0.2) is 0 Å². The largest absolute Gasteiger partial charge is 0.462 e. The summed E-state index contributed by atoms with van der Waals surface area (Å²) in [5, 5.41) is 0. The van der Waals surface area contributed by atoms with Gasteiger partial charge in [0, 0.05) is 0 Å². The van der Waals surface area contributed by atoms with E-state index in [1.807, 2.05) is 0 Å². The van der Waals surface area contributed by atoms with Crippen molar-refractivity contribution in [3.05, 3.63) is 35.1 Å². The van der Waals surface area contributed by atoms with Gasteiger partial charge in [0.05, 0.1) is 24.3 Å². The van der Waals surface area contributed by atoms with Crippen LogP contribution in [-0.4, -0.2) is 25.2 Å². The summed E-state index contributed by atoms with van der Waals surface area (Å²) in [6, 6.07) is 3.53. The van der Waals surface area contributed by atoms with Crippen LogP contribution in [0.25, 0.3) is 0 Å². The predicted molar refractivity (Wildman–Crippen MR) is 114 cm³/mol. The van der Waals surface area contributed by atoms with Gasteiger partial charge in [-0.3, -0.25) is 0 Å². The first-order valence-corrected chi connectivity index (χ1v) is 11.2. The molecule has 0 saturated heterocycles. The lowest BCUT2D eigenvalue weighted by Gasteiger charge is -2.08. The topological polar surface area (TPSA) is 52.6 Å². The number of halogens is 1. The van der Waals surface area contributed by atoms with Gasteiger partial charge in [-0.05, 0) is 31.0 Å². The quantitative estimate of drug-likeness (QED) is 0.221. The Balaban J connectivity index is 2.38. The highest BCUT2D eigenvalue weighted by molar-refractivity contribution is 5.95. The summed E-state index contributed by atoms with van der Waals surface area (Å²) in [6.07, 6.45) is 13.1. The molecule has 0 aliphatic heterocycles. The van der Waals surface area contributed by atoms with Crippen LogP contribution in [0.15, 0.2) is 18.2 Å². The fourth-order valence-electron chi connectivity index (χ4n) is 3.09. The van der Waals surface area contributed by atoms with Crippen LogP contribution in [0.4, 0.5) is 4.39 Å². The Kier molecular flexibility index (Phi) is 13.8. The number of hydrogen-bond acceptors (Lipinski definition) is 4. The van der Waals surface area contributed by atoms with E-state index in [0.717, 1.165) is 50.7 Å². The van der Waals surface area contributed by atoms with Crippen LogP contribution in [-0.2, 0) is 9.47 Å². The summed E-state index contributed by atoms with van der Waals surface area (Å²) in [6.45, 7) is 4.94. The molecule has 0 atom stereocenters. The first-order valence-electron chi connectivity index (χ1n) is 11.2. The number of rotatable bonds is 16. The number of esters is 2. The third-order valence-electron chi connectivity index (χ3n) is 4.83. The van der Waals surface area contributed by atoms with Crippen molar-refractivity contribution in [3.8, 4) is 0 Å². The summed E-state index contributed by atoms with van der Waals surface area (Å²) in [5.41, 5.74) is 0.0880. The highest BCUT2D eigenvalue weighted by atomic mass is 19.1. The zero-order valence-corrected chi connectivity index (χ0v) is 18.1. The molecule has 1 aromatic carbocycles. The van der Waals surface area contributed by atoms with Gasteiger partial charge in [-0.2, -0.15) is 0 Å². The minimum Gasteiger partial charge on any atom is -0.462 e. The lowest BCUT2D eigenvalue weighted by molar-refractivity contribution is 0.0495. The van der Waals surface area contributed by atoms with E-state index in [0.29, 0.717) is 13.2 Å². The van der Waals surface area contributed by atoms with Gasteiger partial charge in [-0.25, -0.2) is 14.0 Å². The van der Waals surface area contributed by atoms with Crippen molar-refractivity contribution in [2.24, 2.45) is 0 Å². The molecule has 0 aliphatic carbocycles. The van der Waals surface area contributed by atoms with Gasteiger partial charge < -0.3 is 9.47 Å². The molecule has 1 rings (SSSR count). The molecule has 0 aliphatic rings. The van der Waals surface area contributed by atoms with Crippen molar-refractivity contribution in [1.82, 2.24) is 0 Å². The van der Waals surface area contributed by atoms with E-state index in [1.165, 1.54) is 44.6 Å². The van der Waals surface area contributed by atoms with Crippen LogP contribution in [0.1, 0.15) is 112 Å². The Morgan fingerprint density at radius 1 is 0.655 bits per heavy atom. The van der Waals surface area contributed by atoms with Crippen LogP contribution in [0.2, 0.25) is 0 Å². The third kappa shape index (κ3) is 11.6. The molecule has 164 valence electrons. The fraction of sp³-hybridized carbons (Fsp3) is 0.667. The van der Waals surface area contributed by atoms with Gasteiger partial charge in [-0.15, -0.1) is 0 Å². The summed E-state index contributed by atoms with van der Waals surface area (Å²) in [4.78, 5) is 24.3. The molecule has 4 nitrogen and oxygen atoms in total. The van der Waals surface area contributed by atoms with Gasteiger partial charge >= 0.3 is 11.9 Å².